The average Bonchev–Trinajstić information content (AvgIpc) is 3.45. The second-order valence-corrected chi connectivity index (χ2v) is 6.51. The van der Waals surface area contributed by atoms with Crippen molar-refractivity contribution in [3.63, 3.8) is 0 Å². The third-order valence-corrected chi connectivity index (χ3v) is 4.44. The van der Waals surface area contributed by atoms with Gasteiger partial charge in [0, 0.05) is 11.3 Å². The summed E-state index contributed by atoms with van der Waals surface area (Å²) in [6, 6.07) is 17.7. The third kappa shape index (κ3) is 4.23. The molecule has 4 rings (SSSR count). The van der Waals surface area contributed by atoms with Crippen molar-refractivity contribution in [3.05, 3.63) is 90.3 Å². The molecule has 2 aromatic carbocycles. The molecule has 0 saturated heterocycles. The summed E-state index contributed by atoms with van der Waals surface area (Å²) in [5.74, 6) is -1.34. The number of nitrogens with one attached hydrogen (secondary N) is 1. The highest BCUT2D eigenvalue weighted by molar-refractivity contribution is 6.02. The van der Waals surface area contributed by atoms with Gasteiger partial charge in [0.1, 0.15) is 11.5 Å². The predicted molar refractivity (Wildman–Crippen MR) is 112 cm³/mol. The maximum Gasteiger partial charge on any atom is 0.358 e. The number of benzene rings is 2. The number of anilines is 1. The van der Waals surface area contributed by atoms with Crippen LogP contribution >= 0.6 is 0 Å². The maximum absolute atomic E-state index is 14.5. The fraction of sp³-hybridized carbons (Fsp3) is 0.0870. The van der Waals surface area contributed by atoms with E-state index in [1.807, 2.05) is 0 Å². The van der Waals surface area contributed by atoms with Crippen LogP contribution in [0.5, 0.6) is 0 Å². The van der Waals surface area contributed by atoms with Crippen LogP contribution in [0.1, 0.15) is 28.0 Å². The molecule has 31 heavy (non-hydrogen) atoms. The quantitative estimate of drug-likeness (QED) is 0.458. The van der Waals surface area contributed by atoms with Gasteiger partial charge in [-0.3, -0.25) is 4.79 Å². The number of hydrogen-bond donors (Lipinski definition) is 1. The monoisotopic (exact) mass is 419 g/mol. The summed E-state index contributed by atoms with van der Waals surface area (Å²) < 4.78 is 26.0. The van der Waals surface area contributed by atoms with Crippen molar-refractivity contribution in [2.45, 2.75) is 6.92 Å². The first-order chi connectivity index (χ1) is 15.1. The van der Waals surface area contributed by atoms with E-state index in [0.717, 1.165) is 0 Å². The normalized spacial score (nSPS) is 10.6. The van der Waals surface area contributed by atoms with Gasteiger partial charge in [0.05, 0.1) is 18.6 Å². The molecule has 1 amide bonds. The number of furan rings is 1. The Balaban J connectivity index is 1.75. The van der Waals surface area contributed by atoms with E-state index in [0.29, 0.717) is 16.9 Å². The molecule has 7 nitrogen and oxygen atoms in total. The van der Waals surface area contributed by atoms with E-state index >= 15 is 0 Å². The highest BCUT2D eigenvalue weighted by Gasteiger charge is 2.20. The zero-order chi connectivity index (χ0) is 21.8. The number of hydrogen-bond acceptors (Lipinski definition) is 5. The van der Waals surface area contributed by atoms with E-state index in [1.165, 1.54) is 23.1 Å². The number of esters is 1. The largest absolute Gasteiger partial charge is 0.461 e. The second-order valence-electron chi connectivity index (χ2n) is 6.51. The average molecular weight is 419 g/mol. The Bertz CT molecular complexity index is 1230. The van der Waals surface area contributed by atoms with Crippen molar-refractivity contribution in [2.75, 3.05) is 11.9 Å². The molecule has 0 spiro atoms. The highest BCUT2D eigenvalue weighted by atomic mass is 19.1. The van der Waals surface area contributed by atoms with Gasteiger partial charge in [-0.25, -0.2) is 13.9 Å². The smallest absolute Gasteiger partial charge is 0.358 e. The van der Waals surface area contributed by atoms with Crippen LogP contribution in [0, 0.1) is 5.82 Å². The number of amides is 1. The van der Waals surface area contributed by atoms with Crippen LogP contribution in [-0.2, 0) is 4.74 Å². The van der Waals surface area contributed by atoms with E-state index in [4.69, 9.17) is 9.15 Å². The van der Waals surface area contributed by atoms with E-state index in [9.17, 15) is 14.0 Å². The topological polar surface area (TPSA) is 86.4 Å². The Kier molecular flexibility index (Phi) is 5.61. The molecule has 1 N–H and O–H groups in total. The molecule has 4 aromatic rings. The molecule has 0 aliphatic carbocycles. The third-order valence-electron chi connectivity index (χ3n) is 4.44. The van der Waals surface area contributed by atoms with Crippen LogP contribution in [-0.4, -0.2) is 28.3 Å². The highest BCUT2D eigenvalue weighted by Crippen LogP contribution is 2.28. The van der Waals surface area contributed by atoms with Crippen LogP contribution in [0.4, 0.5) is 10.1 Å². The van der Waals surface area contributed by atoms with Gasteiger partial charge < -0.3 is 14.5 Å². The van der Waals surface area contributed by atoms with Crippen molar-refractivity contribution >= 4 is 17.6 Å². The fourth-order valence-electron chi connectivity index (χ4n) is 3.06. The molecule has 0 atom stereocenters. The van der Waals surface area contributed by atoms with Crippen molar-refractivity contribution in [1.82, 2.24) is 9.78 Å². The molecule has 2 aromatic heterocycles. The number of rotatable bonds is 6. The molecular formula is C23H18FN3O4. The lowest BCUT2D eigenvalue weighted by atomic mass is 10.1. The lowest BCUT2D eigenvalue weighted by molar-refractivity contribution is 0.0518. The molecule has 0 aliphatic heterocycles. The lowest BCUT2D eigenvalue weighted by Crippen LogP contribution is -2.10. The standard InChI is InChI=1S/C23H18FN3O4/c1-2-30-23(29)18-14-20(27(26-18)19-10-4-3-9-17(19)24)15-7-5-8-16(13-15)25-22(28)21-11-6-12-31-21/h3-14H,2H2,1H3,(H,25,28). The second kappa shape index (κ2) is 8.66. The van der Waals surface area contributed by atoms with Gasteiger partial charge in [-0.2, -0.15) is 5.10 Å². The van der Waals surface area contributed by atoms with Gasteiger partial charge in [0.15, 0.2) is 11.5 Å². The predicted octanol–water partition coefficient (Wildman–Crippen LogP) is 4.70. The minimum absolute atomic E-state index is 0.0464. The van der Waals surface area contributed by atoms with Crippen LogP contribution < -0.4 is 5.32 Å². The van der Waals surface area contributed by atoms with Gasteiger partial charge in [-0.1, -0.05) is 24.3 Å². The van der Waals surface area contributed by atoms with Crippen molar-refractivity contribution in [3.8, 4) is 16.9 Å². The van der Waals surface area contributed by atoms with Crippen molar-refractivity contribution in [1.29, 1.82) is 0 Å². The summed E-state index contributed by atoms with van der Waals surface area (Å²) in [6.45, 7) is 1.88. The Morgan fingerprint density at radius 2 is 1.94 bits per heavy atom. The first-order valence-electron chi connectivity index (χ1n) is 9.54. The van der Waals surface area contributed by atoms with E-state index < -0.39 is 17.7 Å². The van der Waals surface area contributed by atoms with Gasteiger partial charge in [-0.05, 0) is 49.4 Å². The first-order valence-corrected chi connectivity index (χ1v) is 9.54. The summed E-state index contributed by atoms with van der Waals surface area (Å²) in [5.41, 5.74) is 1.80. The fourth-order valence-corrected chi connectivity index (χ4v) is 3.06. The number of ether oxygens (including phenoxy) is 1. The number of carbonyl (C=O) groups is 2. The minimum atomic E-state index is -0.610. The number of para-hydroxylation sites is 1. The van der Waals surface area contributed by atoms with Gasteiger partial charge >= 0.3 is 5.97 Å². The van der Waals surface area contributed by atoms with Gasteiger partial charge in [0.25, 0.3) is 5.91 Å². The molecule has 0 radical (unpaired) electrons. The van der Waals surface area contributed by atoms with Crippen LogP contribution in [0.2, 0.25) is 0 Å². The minimum Gasteiger partial charge on any atom is -0.461 e. The van der Waals surface area contributed by atoms with Gasteiger partial charge in [0.2, 0.25) is 0 Å². The molecule has 0 saturated carbocycles. The van der Waals surface area contributed by atoms with E-state index in [2.05, 4.69) is 10.4 Å². The molecule has 0 unspecified atom stereocenters. The number of nitrogens with zero attached hydrogens (tertiary/aromatic N) is 2. The van der Waals surface area contributed by atoms with Crippen molar-refractivity contribution in [2.24, 2.45) is 0 Å². The number of aromatic nitrogens is 2. The molecule has 0 fully saturated rings. The Morgan fingerprint density at radius 1 is 1.10 bits per heavy atom. The van der Waals surface area contributed by atoms with Crippen LogP contribution in [0.3, 0.4) is 0 Å². The molecule has 156 valence electrons. The molecular weight excluding hydrogens is 401 g/mol. The molecule has 8 heteroatoms. The zero-order valence-corrected chi connectivity index (χ0v) is 16.5. The molecule has 0 aliphatic rings. The van der Waals surface area contributed by atoms with Gasteiger partial charge in [-0.15, -0.1) is 0 Å². The lowest BCUT2D eigenvalue weighted by Gasteiger charge is -2.10. The van der Waals surface area contributed by atoms with E-state index in [1.54, 1.807) is 61.5 Å². The van der Waals surface area contributed by atoms with Crippen LogP contribution in [0.25, 0.3) is 16.9 Å². The summed E-state index contributed by atoms with van der Waals surface area (Å²) >= 11 is 0. The summed E-state index contributed by atoms with van der Waals surface area (Å²) in [6.07, 6.45) is 1.41. The Labute approximate surface area is 177 Å². The van der Waals surface area contributed by atoms with Crippen molar-refractivity contribution < 1.29 is 23.1 Å². The SMILES string of the molecule is CCOC(=O)c1cc(-c2cccc(NC(=O)c3ccco3)c2)n(-c2ccccc2F)n1. The van der Waals surface area contributed by atoms with E-state index in [-0.39, 0.29) is 23.7 Å². The number of halogens is 1. The summed E-state index contributed by atoms with van der Waals surface area (Å²) in [5, 5.41) is 7.01. The van der Waals surface area contributed by atoms with Crippen LogP contribution in [0.15, 0.2) is 77.4 Å². The summed E-state index contributed by atoms with van der Waals surface area (Å²) in [4.78, 5) is 24.5. The zero-order valence-electron chi connectivity index (χ0n) is 16.5. The first kappa shape index (κ1) is 20.1. The Hall–Kier alpha value is -4.20. The molecule has 2 heterocycles. The molecule has 0 bridgehead atoms. The maximum atomic E-state index is 14.5. The summed E-state index contributed by atoms with van der Waals surface area (Å²) in [7, 11) is 0. The Morgan fingerprint density at radius 3 is 2.68 bits per heavy atom. The number of carbonyl (C=O) groups excluding carboxylic acids is 2.